The molecule has 1 aromatic heterocycles. The molecule has 0 aliphatic heterocycles. The number of alkyl halides is 3. The highest BCUT2D eigenvalue weighted by molar-refractivity contribution is 9.10. The maximum atomic E-state index is 12.9. The van der Waals surface area contributed by atoms with Crippen LogP contribution in [0.2, 0.25) is 0 Å². The number of nitrogens with zero attached hydrogens (tertiary/aromatic N) is 3. The zero-order valence-electron chi connectivity index (χ0n) is 13.6. The van der Waals surface area contributed by atoms with Gasteiger partial charge in [-0.2, -0.15) is 22.9 Å². The van der Waals surface area contributed by atoms with E-state index in [1.54, 1.807) is 24.3 Å². The number of hydrogen-bond donors (Lipinski definition) is 1. The summed E-state index contributed by atoms with van der Waals surface area (Å²) >= 11 is 8.16. The molecule has 27 heavy (non-hydrogen) atoms. The van der Waals surface area contributed by atoms with E-state index in [1.807, 2.05) is 24.3 Å². The van der Waals surface area contributed by atoms with Gasteiger partial charge in [-0.25, -0.2) is 5.10 Å². The van der Waals surface area contributed by atoms with Crippen LogP contribution in [-0.2, 0) is 12.8 Å². The van der Waals surface area contributed by atoms with Crippen LogP contribution in [0.4, 0.5) is 13.2 Å². The Morgan fingerprint density at radius 3 is 2.67 bits per heavy atom. The molecule has 0 saturated carbocycles. The molecule has 0 saturated heterocycles. The molecule has 0 aliphatic rings. The van der Waals surface area contributed by atoms with Gasteiger partial charge in [0.05, 0.1) is 6.21 Å². The lowest BCUT2D eigenvalue weighted by molar-refractivity contribution is -0.147. The maximum absolute atomic E-state index is 12.9. The summed E-state index contributed by atoms with van der Waals surface area (Å²) in [5.74, 6) is -0.653. The van der Waals surface area contributed by atoms with Crippen LogP contribution >= 0.6 is 28.1 Å². The monoisotopic (exact) mass is 456 g/mol. The minimum absolute atomic E-state index is 0.249. The summed E-state index contributed by atoms with van der Waals surface area (Å²) in [6, 6.07) is 14.5. The van der Waals surface area contributed by atoms with Gasteiger partial charge >= 0.3 is 6.18 Å². The molecule has 5 nitrogen and oxygen atoms in total. The first kappa shape index (κ1) is 19.3. The molecule has 1 heterocycles. The van der Waals surface area contributed by atoms with E-state index in [0.29, 0.717) is 22.6 Å². The van der Waals surface area contributed by atoms with Gasteiger partial charge in [-0.15, -0.1) is 5.10 Å². The quantitative estimate of drug-likeness (QED) is 0.424. The Morgan fingerprint density at radius 1 is 1.22 bits per heavy atom. The van der Waals surface area contributed by atoms with Crippen molar-refractivity contribution in [3.8, 4) is 5.75 Å². The highest BCUT2D eigenvalue weighted by Crippen LogP contribution is 2.27. The predicted molar refractivity (Wildman–Crippen MR) is 100 cm³/mol. The molecule has 0 amide bonds. The zero-order valence-corrected chi connectivity index (χ0v) is 16.0. The largest absolute Gasteiger partial charge is 0.489 e. The van der Waals surface area contributed by atoms with Gasteiger partial charge in [-0.3, -0.25) is 0 Å². The summed E-state index contributed by atoms with van der Waals surface area (Å²) in [5, 5.41) is 9.04. The molecular formula is C17H12BrF3N4OS. The lowest BCUT2D eigenvalue weighted by Gasteiger charge is -2.07. The van der Waals surface area contributed by atoms with Crippen molar-refractivity contribution in [3.63, 3.8) is 0 Å². The number of H-pyrrole nitrogens is 1. The second-order valence-corrected chi connectivity index (χ2v) is 6.70. The molecule has 0 atom stereocenters. The third kappa shape index (κ3) is 5.04. The summed E-state index contributed by atoms with van der Waals surface area (Å²) in [7, 11) is 0. The Kier molecular flexibility index (Phi) is 5.76. The third-order valence-electron chi connectivity index (χ3n) is 3.40. The second-order valence-electron chi connectivity index (χ2n) is 5.39. The molecule has 0 unspecified atom stereocenters. The van der Waals surface area contributed by atoms with Crippen LogP contribution in [0.25, 0.3) is 0 Å². The van der Waals surface area contributed by atoms with E-state index in [0.717, 1.165) is 10.0 Å². The van der Waals surface area contributed by atoms with E-state index in [2.05, 4.69) is 31.2 Å². The van der Waals surface area contributed by atoms with Crippen molar-refractivity contribution < 1.29 is 17.9 Å². The molecule has 0 bridgehead atoms. The summed E-state index contributed by atoms with van der Waals surface area (Å²) < 4.78 is 45.6. The normalized spacial score (nSPS) is 11.9. The molecule has 2 aromatic carbocycles. The lowest BCUT2D eigenvalue weighted by atomic mass is 10.2. The Balaban J connectivity index is 1.74. The van der Waals surface area contributed by atoms with Crippen molar-refractivity contribution in [2.45, 2.75) is 12.8 Å². The number of aromatic amines is 1. The van der Waals surface area contributed by atoms with Crippen LogP contribution < -0.4 is 4.74 Å². The molecule has 3 rings (SSSR count). The number of halogens is 4. The molecule has 1 N–H and O–H groups in total. The highest BCUT2D eigenvalue weighted by Gasteiger charge is 2.37. The number of ether oxygens (including phenoxy) is 1. The first-order valence-corrected chi connectivity index (χ1v) is 8.79. The molecular weight excluding hydrogens is 445 g/mol. The molecule has 0 aliphatic carbocycles. The van der Waals surface area contributed by atoms with Crippen LogP contribution in [0.3, 0.4) is 0 Å². The van der Waals surface area contributed by atoms with Gasteiger partial charge in [0, 0.05) is 4.47 Å². The fourth-order valence-electron chi connectivity index (χ4n) is 2.14. The average Bonchev–Trinajstić information content (AvgIpc) is 3.01. The van der Waals surface area contributed by atoms with Gasteiger partial charge in [-0.05, 0) is 47.6 Å². The molecule has 140 valence electrons. The average molecular weight is 457 g/mol. The molecule has 10 heteroatoms. The molecule has 0 radical (unpaired) electrons. The molecule has 3 aromatic rings. The van der Waals surface area contributed by atoms with Crippen molar-refractivity contribution in [1.29, 1.82) is 0 Å². The van der Waals surface area contributed by atoms with Gasteiger partial charge in [-0.1, -0.05) is 40.2 Å². The fraction of sp³-hybridized carbons (Fsp3) is 0.118. The molecule has 0 spiro atoms. The van der Waals surface area contributed by atoms with Crippen molar-refractivity contribution in [1.82, 2.24) is 14.9 Å². The lowest BCUT2D eigenvalue weighted by Crippen LogP contribution is -2.12. The van der Waals surface area contributed by atoms with Crippen LogP contribution in [0, 0.1) is 4.77 Å². The minimum Gasteiger partial charge on any atom is -0.489 e. The van der Waals surface area contributed by atoms with Crippen LogP contribution in [0.15, 0.2) is 58.1 Å². The van der Waals surface area contributed by atoms with E-state index in [-0.39, 0.29) is 4.77 Å². The van der Waals surface area contributed by atoms with E-state index in [4.69, 9.17) is 17.0 Å². The van der Waals surface area contributed by atoms with Gasteiger partial charge in [0.1, 0.15) is 12.4 Å². The Labute approximate surface area is 165 Å². The van der Waals surface area contributed by atoms with Crippen molar-refractivity contribution in [3.05, 3.63) is 74.7 Å². The van der Waals surface area contributed by atoms with Crippen LogP contribution in [-0.4, -0.2) is 21.1 Å². The van der Waals surface area contributed by atoms with Gasteiger partial charge in [0.2, 0.25) is 4.77 Å². The number of aromatic nitrogens is 3. The highest BCUT2D eigenvalue weighted by atomic mass is 79.9. The first-order chi connectivity index (χ1) is 12.8. The number of rotatable bonds is 5. The van der Waals surface area contributed by atoms with E-state index >= 15 is 0 Å². The topological polar surface area (TPSA) is 55.2 Å². The smallest absolute Gasteiger partial charge is 0.453 e. The SMILES string of the molecule is FC(F)(F)c1n[nH]c(=S)n1/N=C\c1cccc(OCc2ccc(Br)cc2)c1. The Bertz CT molecular complexity index is 1010. The minimum atomic E-state index is -4.67. The fourth-order valence-corrected chi connectivity index (χ4v) is 2.58. The van der Waals surface area contributed by atoms with Crippen LogP contribution in [0.5, 0.6) is 5.75 Å². The zero-order chi connectivity index (χ0) is 19.4. The van der Waals surface area contributed by atoms with Gasteiger partial charge in [0.25, 0.3) is 5.82 Å². The summed E-state index contributed by atoms with van der Waals surface area (Å²) in [4.78, 5) is 0. The van der Waals surface area contributed by atoms with Crippen molar-refractivity contribution in [2.75, 3.05) is 0 Å². The van der Waals surface area contributed by atoms with E-state index in [9.17, 15) is 13.2 Å². The van der Waals surface area contributed by atoms with E-state index in [1.165, 1.54) is 6.21 Å². The van der Waals surface area contributed by atoms with E-state index < -0.39 is 12.0 Å². The first-order valence-electron chi connectivity index (χ1n) is 7.59. The summed E-state index contributed by atoms with van der Waals surface area (Å²) in [6.07, 6.45) is -3.41. The Hall–Kier alpha value is -2.46. The van der Waals surface area contributed by atoms with Crippen molar-refractivity contribution >= 4 is 34.4 Å². The van der Waals surface area contributed by atoms with Gasteiger partial charge in [0.15, 0.2) is 0 Å². The van der Waals surface area contributed by atoms with Crippen molar-refractivity contribution in [2.24, 2.45) is 5.10 Å². The second kappa shape index (κ2) is 8.05. The number of nitrogens with one attached hydrogen (secondary N) is 1. The number of hydrogen-bond acceptors (Lipinski definition) is 4. The summed E-state index contributed by atoms with van der Waals surface area (Å²) in [5.41, 5.74) is 1.54. The van der Waals surface area contributed by atoms with Crippen LogP contribution in [0.1, 0.15) is 17.0 Å². The van der Waals surface area contributed by atoms with Gasteiger partial charge < -0.3 is 4.74 Å². The third-order valence-corrected chi connectivity index (χ3v) is 4.20. The standard InChI is InChI=1S/C17H12BrF3N4OS/c18-13-6-4-11(5-7-13)10-26-14-3-1-2-12(8-14)9-22-25-15(17(19,20)21)23-24-16(25)27/h1-9H,10H2,(H,24,27)/b22-9-. The Morgan fingerprint density at radius 2 is 1.96 bits per heavy atom. The molecule has 0 fully saturated rings. The number of benzene rings is 2. The summed E-state index contributed by atoms with van der Waals surface area (Å²) in [6.45, 7) is 0.360. The predicted octanol–water partition coefficient (Wildman–Crippen LogP) is 5.18. The maximum Gasteiger partial charge on any atom is 0.453 e.